The Morgan fingerprint density at radius 3 is 2.19 bits per heavy atom. The molecule has 21 heavy (non-hydrogen) atoms. The van der Waals surface area contributed by atoms with E-state index < -0.39 is 10.0 Å². The van der Waals surface area contributed by atoms with Gasteiger partial charge in [-0.25, -0.2) is 8.42 Å². The Kier molecular flexibility index (Phi) is 4.53. The van der Waals surface area contributed by atoms with Crippen LogP contribution >= 0.6 is 0 Å². The third kappa shape index (κ3) is 3.98. The molecule has 112 valence electrons. The molecule has 0 aliphatic rings. The molecule has 2 aromatic rings. The summed E-state index contributed by atoms with van der Waals surface area (Å²) in [5.74, 6) is 0.0650. The number of hydrogen-bond donors (Lipinski definition) is 2. The summed E-state index contributed by atoms with van der Waals surface area (Å²) in [6.07, 6.45) is 0. The molecule has 2 aromatic carbocycles. The maximum Gasteiger partial charge on any atom is 0.232 e. The summed E-state index contributed by atoms with van der Waals surface area (Å²) in [6, 6.07) is 13.3. The first-order chi connectivity index (χ1) is 9.91. The van der Waals surface area contributed by atoms with Gasteiger partial charge in [0.1, 0.15) is 0 Å². The minimum absolute atomic E-state index is 0.0650. The average molecular weight is 304 g/mol. The average Bonchev–Trinajstić information content (AvgIpc) is 2.46. The largest absolute Gasteiger partial charge is 0.355 e. The van der Waals surface area contributed by atoms with Gasteiger partial charge in [-0.15, -0.1) is 0 Å². The molecule has 0 spiro atoms. The van der Waals surface area contributed by atoms with Crippen molar-refractivity contribution in [3.05, 3.63) is 53.6 Å². The van der Waals surface area contributed by atoms with Gasteiger partial charge in [-0.05, 0) is 62.2 Å². The number of rotatable bonds is 5. The highest BCUT2D eigenvalue weighted by Gasteiger charge is 2.06. The van der Waals surface area contributed by atoms with Crippen LogP contribution in [0, 0.1) is 13.8 Å². The quantitative estimate of drug-likeness (QED) is 0.883. The molecule has 0 unspecified atom stereocenters. The summed E-state index contributed by atoms with van der Waals surface area (Å²) >= 11 is 0. The fraction of sp³-hybridized carbons (Fsp3) is 0.250. The van der Waals surface area contributed by atoms with Crippen molar-refractivity contribution >= 4 is 27.1 Å². The zero-order chi connectivity index (χ0) is 15.5. The molecule has 0 saturated heterocycles. The van der Waals surface area contributed by atoms with Gasteiger partial charge in [0.05, 0.1) is 5.75 Å². The molecular weight excluding hydrogens is 284 g/mol. The van der Waals surface area contributed by atoms with E-state index in [2.05, 4.69) is 30.0 Å². The van der Waals surface area contributed by atoms with Crippen LogP contribution in [0.3, 0.4) is 0 Å². The lowest BCUT2D eigenvalue weighted by molar-refractivity contribution is 0.602. The fourth-order valence-electron chi connectivity index (χ4n) is 1.92. The van der Waals surface area contributed by atoms with E-state index in [1.54, 1.807) is 19.1 Å². The Bertz CT molecular complexity index is 722. The molecule has 0 fully saturated rings. The lowest BCUT2D eigenvalue weighted by atomic mass is 10.1. The number of nitrogens with one attached hydrogen (secondary N) is 2. The van der Waals surface area contributed by atoms with Gasteiger partial charge in [0.2, 0.25) is 10.0 Å². The molecule has 0 aliphatic carbocycles. The Morgan fingerprint density at radius 2 is 1.57 bits per heavy atom. The summed E-state index contributed by atoms with van der Waals surface area (Å²) < 4.78 is 25.5. The van der Waals surface area contributed by atoms with Crippen LogP contribution in [0.25, 0.3) is 0 Å². The van der Waals surface area contributed by atoms with Crippen molar-refractivity contribution in [3.63, 3.8) is 0 Å². The molecule has 0 bridgehead atoms. The molecule has 0 atom stereocenters. The van der Waals surface area contributed by atoms with E-state index in [1.807, 2.05) is 24.3 Å². The Hall–Kier alpha value is -2.01. The topological polar surface area (TPSA) is 58.2 Å². The standard InChI is InChI=1S/C16H20N2O2S/c1-4-21(19,20)18-15-10-8-14(9-11-15)17-16-7-5-6-12(2)13(16)3/h5-11,17-18H,4H2,1-3H3. The fourth-order valence-corrected chi connectivity index (χ4v) is 2.55. The highest BCUT2D eigenvalue weighted by atomic mass is 32.2. The molecule has 2 N–H and O–H groups in total. The van der Waals surface area contributed by atoms with Crippen LogP contribution in [0.15, 0.2) is 42.5 Å². The number of anilines is 3. The van der Waals surface area contributed by atoms with E-state index in [-0.39, 0.29) is 5.75 Å². The van der Waals surface area contributed by atoms with E-state index in [4.69, 9.17) is 0 Å². The molecular formula is C16H20N2O2S. The predicted molar refractivity (Wildman–Crippen MR) is 88.7 cm³/mol. The summed E-state index contributed by atoms with van der Waals surface area (Å²) in [4.78, 5) is 0. The maximum absolute atomic E-state index is 11.5. The monoisotopic (exact) mass is 304 g/mol. The van der Waals surface area contributed by atoms with Crippen molar-refractivity contribution in [1.82, 2.24) is 0 Å². The summed E-state index contributed by atoms with van der Waals surface area (Å²) in [7, 11) is -3.23. The minimum atomic E-state index is -3.23. The van der Waals surface area contributed by atoms with Crippen LogP contribution in [-0.4, -0.2) is 14.2 Å². The second-order valence-electron chi connectivity index (χ2n) is 4.96. The van der Waals surface area contributed by atoms with E-state index in [9.17, 15) is 8.42 Å². The van der Waals surface area contributed by atoms with Crippen LogP contribution in [-0.2, 0) is 10.0 Å². The Balaban J connectivity index is 2.15. The summed E-state index contributed by atoms with van der Waals surface area (Å²) in [6.45, 7) is 5.75. The Morgan fingerprint density at radius 1 is 0.952 bits per heavy atom. The van der Waals surface area contributed by atoms with Crippen LogP contribution in [0.4, 0.5) is 17.1 Å². The van der Waals surface area contributed by atoms with Crippen LogP contribution < -0.4 is 10.0 Å². The van der Waals surface area contributed by atoms with Crippen molar-refractivity contribution in [3.8, 4) is 0 Å². The van der Waals surface area contributed by atoms with E-state index >= 15 is 0 Å². The van der Waals surface area contributed by atoms with Crippen LogP contribution in [0.2, 0.25) is 0 Å². The van der Waals surface area contributed by atoms with Crippen molar-refractivity contribution in [2.45, 2.75) is 20.8 Å². The van der Waals surface area contributed by atoms with Crippen LogP contribution in [0.5, 0.6) is 0 Å². The van der Waals surface area contributed by atoms with Gasteiger partial charge in [0, 0.05) is 17.1 Å². The minimum Gasteiger partial charge on any atom is -0.355 e. The van der Waals surface area contributed by atoms with Crippen molar-refractivity contribution in [1.29, 1.82) is 0 Å². The molecule has 0 aromatic heterocycles. The van der Waals surface area contributed by atoms with Crippen molar-refractivity contribution in [2.75, 3.05) is 15.8 Å². The lowest BCUT2D eigenvalue weighted by Gasteiger charge is -2.12. The molecule has 0 saturated carbocycles. The molecule has 0 amide bonds. The zero-order valence-corrected chi connectivity index (χ0v) is 13.3. The van der Waals surface area contributed by atoms with Gasteiger partial charge < -0.3 is 5.32 Å². The molecule has 4 nitrogen and oxygen atoms in total. The number of benzene rings is 2. The van der Waals surface area contributed by atoms with Gasteiger partial charge in [0.15, 0.2) is 0 Å². The highest BCUT2D eigenvalue weighted by molar-refractivity contribution is 7.92. The normalized spacial score (nSPS) is 11.2. The van der Waals surface area contributed by atoms with E-state index in [1.165, 1.54) is 11.1 Å². The third-order valence-electron chi connectivity index (χ3n) is 3.42. The first-order valence-electron chi connectivity index (χ1n) is 6.85. The zero-order valence-electron chi connectivity index (χ0n) is 12.5. The van der Waals surface area contributed by atoms with Gasteiger partial charge >= 0.3 is 0 Å². The molecule has 0 radical (unpaired) electrons. The first-order valence-corrected chi connectivity index (χ1v) is 8.50. The van der Waals surface area contributed by atoms with Crippen molar-refractivity contribution in [2.24, 2.45) is 0 Å². The van der Waals surface area contributed by atoms with E-state index in [0.29, 0.717) is 5.69 Å². The second kappa shape index (κ2) is 6.18. The summed E-state index contributed by atoms with van der Waals surface area (Å²) in [5, 5.41) is 3.34. The van der Waals surface area contributed by atoms with Crippen LogP contribution in [0.1, 0.15) is 18.1 Å². The predicted octanol–water partition coefficient (Wildman–Crippen LogP) is 3.81. The molecule has 2 rings (SSSR count). The highest BCUT2D eigenvalue weighted by Crippen LogP contribution is 2.24. The van der Waals surface area contributed by atoms with Gasteiger partial charge in [-0.3, -0.25) is 4.72 Å². The van der Waals surface area contributed by atoms with Gasteiger partial charge in [-0.2, -0.15) is 0 Å². The maximum atomic E-state index is 11.5. The van der Waals surface area contributed by atoms with Gasteiger partial charge in [-0.1, -0.05) is 12.1 Å². The number of hydrogen-bond acceptors (Lipinski definition) is 3. The van der Waals surface area contributed by atoms with E-state index in [0.717, 1.165) is 11.4 Å². The second-order valence-corrected chi connectivity index (χ2v) is 6.97. The molecule has 0 heterocycles. The Labute approximate surface area is 126 Å². The SMILES string of the molecule is CCS(=O)(=O)Nc1ccc(Nc2cccc(C)c2C)cc1. The van der Waals surface area contributed by atoms with Crippen molar-refractivity contribution < 1.29 is 8.42 Å². The number of aryl methyl sites for hydroxylation is 1. The first kappa shape index (κ1) is 15.4. The molecule has 0 aliphatic heterocycles. The lowest BCUT2D eigenvalue weighted by Crippen LogP contribution is -2.14. The third-order valence-corrected chi connectivity index (χ3v) is 4.73. The molecule has 5 heteroatoms. The van der Waals surface area contributed by atoms with Gasteiger partial charge in [0.25, 0.3) is 0 Å². The summed E-state index contributed by atoms with van der Waals surface area (Å²) in [5.41, 5.74) is 4.98. The smallest absolute Gasteiger partial charge is 0.232 e. The number of sulfonamides is 1.